The number of ether oxygens (including phenoxy) is 1. The third-order valence-corrected chi connectivity index (χ3v) is 5.89. The topological polar surface area (TPSA) is 58.6 Å². The molecule has 5 nitrogen and oxygen atoms in total. The number of fused-ring (bicyclic) bond motifs is 1. The van der Waals surface area contributed by atoms with Crippen LogP contribution in [0.4, 0.5) is 13.2 Å². The minimum atomic E-state index is -4.43. The van der Waals surface area contributed by atoms with Crippen LogP contribution in [0.5, 0.6) is 5.75 Å². The van der Waals surface area contributed by atoms with E-state index in [9.17, 15) is 22.8 Å². The number of para-hydroxylation sites is 1. The smallest absolute Gasteiger partial charge is 0.416 e. The van der Waals surface area contributed by atoms with Crippen LogP contribution in [0.2, 0.25) is 0 Å². The van der Waals surface area contributed by atoms with Crippen molar-refractivity contribution in [2.24, 2.45) is 5.92 Å². The molecule has 1 fully saturated rings. The molecule has 0 aliphatic carbocycles. The summed E-state index contributed by atoms with van der Waals surface area (Å²) in [5.41, 5.74) is 0.404. The molecule has 0 aromatic heterocycles. The molecule has 4 rings (SSSR count). The van der Waals surface area contributed by atoms with Gasteiger partial charge in [-0.1, -0.05) is 18.2 Å². The molecule has 164 valence electrons. The number of carbonyl (C=O) groups is 2. The highest BCUT2D eigenvalue weighted by Crippen LogP contribution is 2.32. The highest BCUT2D eigenvalue weighted by molar-refractivity contribution is 5.94. The van der Waals surface area contributed by atoms with Crippen molar-refractivity contribution in [1.29, 1.82) is 0 Å². The number of alkyl halides is 3. The highest BCUT2D eigenvalue weighted by atomic mass is 19.4. The van der Waals surface area contributed by atoms with E-state index in [2.05, 4.69) is 5.32 Å². The first kappa shape index (κ1) is 21.2. The molecule has 2 heterocycles. The molecular weight excluding hydrogens is 409 g/mol. The molecule has 0 spiro atoms. The summed E-state index contributed by atoms with van der Waals surface area (Å²) in [6.45, 7) is 1.33. The highest BCUT2D eigenvalue weighted by Gasteiger charge is 2.32. The van der Waals surface area contributed by atoms with Crippen molar-refractivity contribution in [3.63, 3.8) is 0 Å². The quantitative estimate of drug-likeness (QED) is 0.791. The van der Waals surface area contributed by atoms with Gasteiger partial charge < -0.3 is 15.0 Å². The maximum atomic E-state index is 12.8. The average Bonchev–Trinajstić information content (AvgIpc) is 2.78. The number of amides is 2. The Morgan fingerprint density at radius 1 is 0.968 bits per heavy atom. The lowest BCUT2D eigenvalue weighted by atomic mass is 9.93. The van der Waals surface area contributed by atoms with Gasteiger partial charge in [0.2, 0.25) is 5.91 Å². The predicted octanol–water partition coefficient (Wildman–Crippen LogP) is 4.20. The van der Waals surface area contributed by atoms with Crippen molar-refractivity contribution in [1.82, 2.24) is 10.2 Å². The zero-order valence-corrected chi connectivity index (χ0v) is 16.8. The van der Waals surface area contributed by atoms with Crippen LogP contribution in [0, 0.1) is 5.92 Å². The van der Waals surface area contributed by atoms with Gasteiger partial charge in [-0.15, -0.1) is 0 Å². The zero-order chi connectivity index (χ0) is 22.0. The summed E-state index contributed by atoms with van der Waals surface area (Å²) in [6, 6.07) is 11.8. The fourth-order valence-corrected chi connectivity index (χ4v) is 4.11. The molecule has 0 radical (unpaired) electrons. The van der Waals surface area contributed by atoms with Gasteiger partial charge in [0, 0.05) is 36.6 Å². The maximum Gasteiger partial charge on any atom is 0.416 e. The van der Waals surface area contributed by atoms with Gasteiger partial charge in [-0.3, -0.25) is 9.59 Å². The number of nitrogens with one attached hydrogen (secondary N) is 1. The zero-order valence-electron chi connectivity index (χ0n) is 16.8. The van der Waals surface area contributed by atoms with Crippen molar-refractivity contribution in [3.8, 4) is 5.75 Å². The van der Waals surface area contributed by atoms with Gasteiger partial charge in [-0.05, 0) is 43.2 Å². The summed E-state index contributed by atoms with van der Waals surface area (Å²) in [5, 5.41) is 3.11. The molecule has 1 unspecified atom stereocenters. The first-order valence-electron chi connectivity index (χ1n) is 10.3. The summed E-state index contributed by atoms with van der Waals surface area (Å²) < 4.78 is 43.7. The van der Waals surface area contributed by atoms with E-state index >= 15 is 0 Å². The third-order valence-electron chi connectivity index (χ3n) is 5.89. The number of benzene rings is 2. The van der Waals surface area contributed by atoms with Crippen molar-refractivity contribution < 1.29 is 27.5 Å². The SMILES string of the molecule is O=C(NC1CCOc2ccccc21)C1CCN(C(=O)c2ccc(C(F)(F)F)cc2)CC1. The Bertz CT molecular complexity index is 951. The van der Waals surface area contributed by atoms with E-state index in [4.69, 9.17) is 4.74 Å². The number of halogens is 3. The number of hydrogen-bond acceptors (Lipinski definition) is 3. The van der Waals surface area contributed by atoms with Crippen LogP contribution in [-0.2, 0) is 11.0 Å². The van der Waals surface area contributed by atoms with Gasteiger partial charge in [-0.2, -0.15) is 13.2 Å². The fourth-order valence-electron chi connectivity index (χ4n) is 4.11. The number of rotatable bonds is 3. The number of hydrogen-bond donors (Lipinski definition) is 1. The van der Waals surface area contributed by atoms with E-state index in [1.807, 2.05) is 24.3 Å². The van der Waals surface area contributed by atoms with Gasteiger partial charge in [0.25, 0.3) is 5.91 Å². The molecule has 1 saturated heterocycles. The molecule has 1 N–H and O–H groups in total. The maximum absolute atomic E-state index is 12.8. The molecule has 1 atom stereocenters. The monoisotopic (exact) mass is 432 g/mol. The molecule has 2 aliphatic heterocycles. The summed E-state index contributed by atoms with van der Waals surface area (Å²) in [5.74, 6) is 0.233. The summed E-state index contributed by atoms with van der Waals surface area (Å²) in [4.78, 5) is 27.0. The van der Waals surface area contributed by atoms with Crippen LogP contribution < -0.4 is 10.1 Å². The van der Waals surface area contributed by atoms with Crippen LogP contribution in [0.1, 0.15) is 46.8 Å². The van der Waals surface area contributed by atoms with E-state index in [1.165, 1.54) is 12.1 Å². The molecule has 2 aliphatic rings. The van der Waals surface area contributed by atoms with Crippen LogP contribution >= 0.6 is 0 Å². The molecule has 8 heteroatoms. The Labute approximate surface area is 178 Å². The molecule has 2 aromatic rings. The standard InChI is InChI=1S/C23H23F3N2O3/c24-23(25,26)17-7-5-16(6-8-17)22(30)28-12-9-15(10-13-28)21(29)27-19-11-14-31-20-4-2-1-3-18(19)20/h1-8,15,19H,9-14H2,(H,27,29). The van der Waals surface area contributed by atoms with Crippen molar-refractivity contribution in [3.05, 3.63) is 65.2 Å². The molecule has 31 heavy (non-hydrogen) atoms. The third kappa shape index (κ3) is 4.68. The minimum Gasteiger partial charge on any atom is -0.493 e. The lowest BCUT2D eigenvalue weighted by Gasteiger charge is -2.33. The van der Waals surface area contributed by atoms with Crippen LogP contribution in [-0.4, -0.2) is 36.4 Å². The number of nitrogens with zero attached hydrogens (tertiary/aromatic N) is 1. The van der Waals surface area contributed by atoms with Gasteiger partial charge in [0.05, 0.1) is 18.2 Å². The number of piperidine rings is 1. The molecular formula is C23H23F3N2O3. The average molecular weight is 432 g/mol. The number of carbonyl (C=O) groups excluding carboxylic acids is 2. The lowest BCUT2D eigenvalue weighted by molar-refractivity contribution is -0.137. The van der Waals surface area contributed by atoms with Crippen LogP contribution in [0.25, 0.3) is 0 Å². The molecule has 2 amide bonds. The Hall–Kier alpha value is -3.03. The molecule has 0 saturated carbocycles. The summed E-state index contributed by atoms with van der Waals surface area (Å²) in [7, 11) is 0. The van der Waals surface area contributed by atoms with E-state index < -0.39 is 11.7 Å². The summed E-state index contributed by atoms with van der Waals surface area (Å²) in [6.07, 6.45) is -2.70. The second-order valence-electron chi connectivity index (χ2n) is 7.88. The fraction of sp³-hybridized carbons (Fsp3) is 0.391. The van der Waals surface area contributed by atoms with Gasteiger partial charge in [0.15, 0.2) is 0 Å². The van der Waals surface area contributed by atoms with Gasteiger partial charge >= 0.3 is 6.18 Å². The van der Waals surface area contributed by atoms with Crippen molar-refractivity contribution >= 4 is 11.8 Å². The Morgan fingerprint density at radius 2 is 1.65 bits per heavy atom. The molecule has 0 bridgehead atoms. The van der Waals surface area contributed by atoms with E-state index in [1.54, 1.807) is 4.90 Å². The second-order valence-corrected chi connectivity index (χ2v) is 7.88. The molecule has 2 aromatic carbocycles. The normalized spacial score (nSPS) is 19.3. The van der Waals surface area contributed by atoms with Crippen molar-refractivity contribution in [2.45, 2.75) is 31.5 Å². The van der Waals surface area contributed by atoms with Crippen LogP contribution in [0.3, 0.4) is 0 Å². The predicted molar refractivity (Wildman–Crippen MR) is 108 cm³/mol. The first-order valence-corrected chi connectivity index (χ1v) is 10.3. The Morgan fingerprint density at radius 3 is 2.32 bits per heavy atom. The largest absolute Gasteiger partial charge is 0.493 e. The van der Waals surface area contributed by atoms with Gasteiger partial charge in [0.1, 0.15) is 5.75 Å². The minimum absolute atomic E-state index is 0.0386. The van der Waals surface area contributed by atoms with Crippen LogP contribution in [0.15, 0.2) is 48.5 Å². The van der Waals surface area contributed by atoms with Gasteiger partial charge in [-0.25, -0.2) is 0 Å². The van der Waals surface area contributed by atoms with Crippen molar-refractivity contribution in [2.75, 3.05) is 19.7 Å². The van der Waals surface area contributed by atoms with E-state index in [0.29, 0.717) is 39.0 Å². The van der Waals surface area contributed by atoms with E-state index in [-0.39, 0.29) is 29.3 Å². The second kappa shape index (κ2) is 8.61. The lowest BCUT2D eigenvalue weighted by Crippen LogP contribution is -2.44. The first-order chi connectivity index (χ1) is 14.8. The van der Waals surface area contributed by atoms with E-state index in [0.717, 1.165) is 23.4 Å². The summed E-state index contributed by atoms with van der Waals surface area (Å²) >= 11 is 0. The Kier molecular flexibility index (Phi) is 5.89. The Balaban J connectivity index is 1.32. The number of likely N-dealkylation sites (tertiary alicyclic amines) is 1.